The molecule has 0 bridgehead atoms. The summed E-state index contributed by atoms with van der Waals surface area (Å²) in [6.07, 6.45) is 6.67. The molecular weight excluding hydrogens is 368 g/mol. The third-order valence-corrected chi connectivity index (χ3v) is 6.65. The molecule has 2 aromatic rings. The van der Waals surface area contributed by atoms with Crippen molar-refractivity contribution in [3.8, 4) is 11.5 Å². The highest BCUT2D eigenvalue weighted by Gasteiger charge is 2.26. The van der Waals surface area contributed by atoms with E-state index >= 15 is 0 Å². The lowest BCUT2D eigenvalue weighted by Crippen LogP contribution is -2.17. The number of phenols is 2. The molecule has 2 nitrogen and oxygen atoms in total. The van der Waals surface area contributed by atoms with Crippen molar-refractivity contribution in [2.45, 2.75) is 104 Å². The van der Waals surface area contributed by atoms with E-state index in [9.17, 15) is 10.2 Å². The lowest BCUT2D eigenvalue weighted by atomic mass is 9.78. The van der Waals surface area contributed by atoms with Crippen LogP contribution in [-0.2, 0) is 17.3 Å². The Labute approximate surface area is 183 Å². The molecule has 30 heavy (non-hydrogen) atoms. The molecule has 1 saturated carbocycles. The number of benzene rings is 2. The van der Waals surface area contributed by atoms with Crippen molar-refractivity contribution in [1.82, 2.24) is 0 Å². The van der Waals surface area contributed by atoms with E-state index in [1.165, 1.54) is 30.4 Å². The maximum Gasteiger partial charge on any atom is 0.122 e. The van der Waals surface area contributed by atoms with E-state index in [4.69, 9.17) is 0 Å². The number of aromatic hydroxyl groups is 2. The van der Waals surface area contributed by atoms with Gasteiger partial charge in [0.1, 0.15) is 11.5 Å². The van der Waals surface area contributed by atoms with Gasteiger partial charge in [-0.2, -0.15) is 0 Å². The van der Waals surface area contributed by atoms with Crippen LogP contribution >= 0.6 is 0 Å². The van der Waals surface area contributed by atoms with Crippen LogP contribution < -0.4 is 0 Å². The predicted octanol–water partition coefficient (Wildman–Crippen LogP) is 7.64. The van der Waals surface area contributed by atoms with Crippen LogP contribution in [0.15, 0.2) is 24.3 Å². The Morgan fingerprint density at radius 2 is 1.37 bits per heavy atom. The second kappa shape index (κ2) is 8.29. The zero-order chi connectivity index (χ0) is 22.3. The molecule has 0 atom stereocenters. The van der Waals surface area contributed by atoms with Gasteiger partial charge in [0, 0.05) is 6.42 Å². The number of aryl methyl sites for hydroxylation is 1. The van der Waals surface area contributed by atoms with Crippen molar-refractivity contribution in [1.29, 1.82) is 0 Å². The molecule has 0 aliphatic heterocycles. The van der Waals surface area contributed by atoms with E-state index in [0.717, 1.165) is 35.1 Å². The van der Waals surface area contributed by atoms with E-state index in [2.05, 4.69) is 72.7 Å². The van der Waals surface area contributed by atoms with Gasteiger partial charge in [-0.3, -0.25) is 0 Å². The monoisotopic (exact) mass is 408 g/mol. The maximum absolute atomic E-state index is 11.2. The normalized spacial score (nSPS) is 16.1. The molecule has 3 rings (SSSR count). The lowest BCUT2D eigenvalue weighted by molar-refractivity contribution is 0.411. The van der Waals surface area contributed by atoms with Crippen molar-refractivity contribution in [2.75, 3.05) is 0 Å². The molecule has 2 N–H and O–H groups in total. The van der Waals surface area contributed by atoms with Gasteiger partial charge in [-0.1, -0.05) is 90.6 Å². The first-order valence-corrected chi connectivity index (χ1v) is 11.6. The third-order valence-electron chi connectivity index (χ3n) is 6.65. The first-order chi connectivity index (χ1) is 13.9. The molecule has 0 unspecified atom stereocenters. The van der Waals surface area contributed by atoms with Crippen LogP contribution in [0.2, 0.25) is 0 Å². The molecule has 2 heteroatoms. The summed E-state index contributed by atoms with van der Waals surface area (Å²) in [4.78, 5) is 0. The molecule has 0 saturated heterocycles. The Morgan fingerprint density at radius 1 is 0.767 bits per heavy atom. The average molecular weight is 409 g/mol. The predicted molar refractivity (Wildman–Crippen MR) is 127 cm³/mol. The van der Waals surface area contributed by atoms with E-state index in [-0.39, 0.29) is 10.8 Å². The first kappa shape index (κ1) is 22.7. The maximum atomic E-state index is 11.2. The largest absolute Gasteiger partial charge is 0.507 e. The van der Waals surface area contributed by atoms with Crippen molar-refractivity contribution in [3.05, 3.63) is 57.6 Å². The van der Waals surface area contributed by atoms with Gasteiger partial charge in [0.2, 0.25) is 0 Å². The molecule has 0 aromatic heterocycles. The molecule has 1 aliphatic rings. The fourth-order valence-electron chi connectivity index (χ4n) is 4.78. The SMILES string of the molecule is Cc1cc(Cc2cc(C(C)(C)C)cc(C(C)(C)C)c2O)c(O)c(C2CCCCC2)c1. The van der Waals surface area contributed by atoms with Gasteiger partial charge in [0.05, 0.1) is 0 Å². The molecule has 0 heterocycles. The van der Waals surface area contributed by atoms with Crippen LogP contribution in [-0.4, -0.2) is 10.2 Å². The van der Waals surface area contributed by atoms with Crippen LogP contribution in [0.1, 0.15) is 113 Å². The standard InChI is InChI=1S/C28H40O2/c1-18-13-20(25(29)23(14-18)19-11-9-8-10-12-19)15-21-16-22(27(2,3)4)17-24(26(21)30)28(5,6)7/h13-14,16-17,19,29-30H,8-12,15H2,1-7H3. The van der Waals surface area contributed by atoms with Gasteiger partial charge < -0.3 is 10.2 Å². The Bertz CT molecular complexity index is 904. The second-order valence-corrected chi connectivity index (χ2v) is 11.4. The summed E-state index contributed by atoms with van der Waals surface area (Å²) in [6, 6.07) is 8.54. The van der Waals surface area contributed by atoms with E-state index in [0.29, 0.717) is 23.8 Å². The molecule has 1 fully saturated rings. The number of hydrogen-bond acceptors (Lipinski definition) is 2. The summed E-state index contributed by atoms with van der Waals surface area (Å²) in [7, 11) is 0. The highest BCUT2D eigenvalue weighted by atomic mass is 16.3. The zero-order valence-corrected chi connectivity index (χ0v) is 20.0. The van der Waals surface area contributed by atoms with Gasteiger partial charge in [-0.15, -0.1) is 0 Å². The molecule has 0 radical (unpaired) electrons. The topological polar surface area (TPSA) is 40.5 Å². The summed E-state index contributed by atoms with van der Waals surface area (Å²) >= 11 is 0. The van der Waals surface area contributed by atoms with E-state index < -0.39 is 0 Å². The van der Waals surface area contributed by atoms with Crippen LogP contribution in [0.25, 0.3) is 0 Å². The highest BCUT2D eigenvalue weighted by Crippen LogP contribution is 2.42. The van der Waals surface area contributed by atoms with Crippen LogP contribution in [0.5, 0.6) is 11.5 Å². The summed E-state index contributed by atoms with van der Waals surface area (Å²) in [5, 5.41) is 22.4. The fourth-order valence-corrected chi connectivity index (χ4v) is 4.78. The molecule has 2 aromatic carbocycles. The summed E-state index contributed by atoms with van der Waals surface area (Å²) < 4.78 is 0. The average Bonchev–Trinajstić information content (AvgIpc) is 2.64. The van der Waals surface area contributed by atoms with Crippen LogP contribution in [0, 0.1) is 6.92 Å². The van der Waals surface area contributed by atoms with E-state index in [1.807, 2.05) is 0 Å². The van der Waals surface area contributed by atoms with Gasteiger partial charge in [-0.25, -0.2) is 0 Å². The molecule has 164 valence electrons. The van der Waals surface area contributed by atoms with Crippen LogP contribution in [0.3, 0.4) is 0 Å². The lowest BCUT2D eigenvalue weighted by Gasteiger charge is -2.28. The minimum absolute atomic E-state index is 0.00957. The third kappa shape index (κ3) is 4.85. The minimum atomic E-state index is -0.151. The Morgan fingerprint density at radius 3 is 1.93 bits per heavy atom. The van der Waals surface area contributed by atoms with Crippen molar-refractivity contribution in [3.63, 3.8) is 0 Å². The van der Waals surface area contributed by atoms with Crippen molar-refractivity contribution >= 4 is 0 Å². The number of rotatable bonds is 3. The quantitative estimate of drug-likeness (QED) is 0.548. The van der Waals surface area contributed by atoms with Gasteiger partial charge >= 0.3 is 0 Å². The molecule has 0 amide bonds. The molecule has 1 aliphatic carbocycles. The van der Waals surface area contributed by atoms with E-state index in [1.54, 1.807) is 0 Å². The molecule has 0 spiro atoms. The second-order valence-electron chi connectivity index (χ2n) is 11.4. The van der Waals surface area contributed by atoms with Crippen molar-refractivity contribution < 1.29 is 10.2 Å². The number of phenolic OH excluding ortho intramolecular Hbond substituents is 2. The van der Waals surface area contributed by atoms with Gasteiger partial charge in [0.15, 0.2) is 0 Å². The Balaban J connectivity index is 2.09. The first-order valence-electron chi connectivity index (χ1n) is 11.6. The fraction of sp³-hybridized carbons (Fsp3) is 0.571. The van der Waals surface area contributed by atoms with Gasteiger partial charge in [-0.05, 0) is 64.3 Å². The summed E-state index contributed by atoms with van der Waals surface area (Å²) in [5.74, 6) is 1.26. The van der Waals surface area contributed by atoms with Crippen LogP contribution in [0.4, 0.5) is 0 Å². The van der Waals surface area contributed by atoms with Gasteiger partial charge in [0.25, 0.3) is 0 Å². The number of hydrogen-bond donors (Lipinski definition) is 2. The zero-order valence-electron chi connectivity index (χ0n) is 20.0. The minimum Gasteiger partial charge on any atom is -0.507 e. The smallest absolute Gasteiger partial charge is 0.122 e. The molecular formula is C28H40O2. The summed E-state index contributed by atoms with van der Waals surface area (Å²) in [6.45, 7) is 15.2. The Hall–Kier alpha value is -1.96. The Kier molecular flexibility index (Phi) is 6.28. The van der Waals surface area contributed by atoms with Crippen molar-refractivity contribution in [2.24, 2.45) is 0 Å². The highest BCUT2D eigenvalue weighted by molar-refractivity contribution is 5.53. The summed E-state index contributed by atoms with van der Waals surface area (Å²) in [5.41, 5.74) is 6.16.